The number of hydrogen-bond donors (Lipinski definition) is 2. The Labute approximate surface area is 87.0 Å². The second-order valence-electron chi connectivity index (χ2n) is 3.51. The van der Waals surface area contributed by atoms with Gasteiger partial charge >= 0.3 is 0 Å². The van der Waals surface area contributed by atoms with Gasteiger partial charge in [-0.1, -0.05) is 51.2 Å². The van der Waals surface area contributed by atoms with Gasteiger partial charge in [0.15, 0.2) is 0 Å². The molecule has 0 heterocycles. The molecule has 0 rings (SSSR count). The molecule has 0 aromatic heterocycles. The third kappa shape index (κ3) is 11.1. The zero-order valence-electron chi connectivity index (χ0n) is 9.08. The van der Waals surface area contributed by atoms with Crippen LogP contribution >= 0.6 is 0 Å². The first-order valence-corrected chi connectivity index (χ1v) is 5.52. The molecule has 0 bridgehead atoms. The quantitative estimate of drug-likeness (QED) is 0.348. The molecular weight excluding hydrogens is 176 g/mol. The van der Waals surface area contributed by atoms with E-state index in [0.29, 0.717) is 0 Å². The van der Waals surface area contributed by atoms with E-state index in [4.69, 9.17) is 10.2 Å². The van der Waals surface area contributed by atoms with E-state index in [1.165, 1.54) is 44.6 Å². The fraction of sp³-hybridized carbons (Fsp3) is 0.667. The Hall–Kier alpha value is -0.920. The Morgan fingerprint density at radius 2 is 1.64 bits per heavy atom. The summed E-state index contributed by atoms with van der Waals surface area (Å²) < 4.78 is 0. The summed E-state index contributed by atoms with van der Waals surface area (Å²) in [5.41, 5.74) is 0. The Balaban J connectivity index is 3.13. The average molecular weight is 198 g/mol. The van der Waals surface area contributed by atoms with Crippen molar-refractivity contribution < 1.29 is 10.2 Å². The van der Waals surface area contributed by atoms with Gasteiger partial charge in [0.2, 0.25) is 0 Å². The fourth-order valence-corrected chi connectivity index (χ4v) is 1.29. The normalized spacial score (nSPS) is 10.6. The molecule has 14 heavy (non-hydrogen) atoms. The van der Waals surface area contributed by atoms with E-state index in [-0.39, 0.29) is 0 Å². The minimum absolute atomic E-state index is 0.621. The molecule has 0 aromatic carbocycles. The van der Waals surface area contributed by atoms with Crippen LogP contribution in [0.5, 0.6) is 0 Å². The number of aliphatic hydroxyl groups excluding tert-OH is 1. The molecule has 0 aliphatic carbocycles. The van der Waals surface area contributed by atoms with Crippen LogP contribution in [-0.4, -0.2) is 10.2 Å². The minimum atomic E-state index is -0.621. The van der Waals surface area contributed by atoms with Crippen LogP contribution in [0.2, 0.25) is 0 Å². The molecule has 2 heteroatoms. The molecule has 0 aliphatic rings. The van der Waals surface area contributed by atoms with Gasteiger partial charge in [-0.3, -0.25) is 0 Å². The predicted molar refractivity (Wildman–Crippen MR) is 60.5 cm³/mol. The van der Waals surface area contributed by atoms with E-state index in [1.807, 2.05) is 6.08 Å². The van der Waals surface area contributed by atoms with E-state index < -0.39 is 5.95 Å². The fourth-order valence-electron chi connectivity index (χ4n) is 1.29. The molecule has 0 aromatic rings. The molecular formula is C12H22O2. The van der Waals surface area contributed by atoms with Crippen molar-refractivity contribution in [1.29, 1.82) is 0 Å². The molecule has 2 N–H and O–H groups in total. The predicted octanol–water partition coefficient (Wildman–Crippen LogP) is 4.25. The molecule has 0 atom stereocenters. The van der Waals surface area contributed by atoms with Gasteiger partial charge in [0.25, 0.3) is 5.95 Å². The zero-order valence-corrected chi connectivity index (χ0v) is 9.08. The highest BCUT2D eigenvalue weighted by molar-refractivity contribution is 5.01. The van der Waals surface area contributed by atoms with Crippen molar-refractivity contribution in [2.75, 3.05) is 0 Å². The number of rotatable bonds is 8. The Kier molecular flexibility index (Phi) is 9.49. The van der Waals surface area contributed by atoms with Gasteiger partial charge in [-0.2, -0.15) is 0 Å². The summed E-state index contributed by atoms with van der Waals surface area (Å²) in [5, 5.41) is 16.8. The Bertz CT molecular complexity index is 167. The number of allylic oxidation sites excluding steroid dienone is 3. The van der Waals surface area contributed by atoms with E-state index in [0.717, 1.165) is 6.42 Å². The molecule has 0 unspecified atom stereocenters. The Morgan fingerprint density at radius 1 is 1.00 bits per heavy atom. The highest BCUT2D eigenvalue weighted by atomic mass is 16.5. The molecule has 82 valence electrons. The summed E-state index contributed by atoms with van der Waals surface area (Å²) in [6.07, 6.45) is 13.7. The van der Waals surface area contributed by atoms with Crippen molar-refractivity contribution in [2.24, 2.45) is 0 Å². The van der Waals surface area contributed by atoms with E-state index in [9.17, 15) is 0 Å². The lowest BCUT2D eigenvalue weighted by molar-refractivity contribution is 0.191. The van der Waals surface area contributed by atoms with Crippen molar-refractivity contribution >= 4 is 0 Å². The van der Waals surface area contributed by atoms with Gasteiger partial charge in [0, 0.05) is 6.08 Å². The highest BCUT2D eigenvalue weighted by Gasteiger charge is 1.87. The highest BCUT2D eigenvalue weighted by Crippen LogP contribution is 2.07. The van der Waals surface area contributed by atoms with Crippen molar-refractivity contribution in [3.05, 3.63) is 24.2 Å². The lowest BCUT2D eigenvalue weighted by atomic mass is 10.1. The molecule has 0 fully saturated rings. The van der Waals surface area contributed by atoms with E-state index in [1.54, 1.807) is 6.08 Å². The van der Waals surface area contributed by atoms with E-state index in [2.05, 4.69) is 6.92 Å². The van der Waals surface area contributed by atoms with Gasteiger partial charge in [0.1, 0.15) is 0 Å². The first-order valence-electron chi connectivity index (χ1n) is 5.52. The van der Waals surface area contributed by atoms with Crippen LogP contribution in [-0.2, 0) is 0 Å². The van der Waals surface area contributed by atoms with Gasteiger partial charge < -0.3 is 10.2 Å². The number of unbranched alkanes of at least 4 members (excludes halogenated alkanes) is 6. The summed E-state index contributed by atoms with van der Waals surface area (Å²) in [6, 6.07) is 0. The maximum atomic E-state index is 8.42. The molecule has 0 aliphatic heterocycles. The maximum Gasteiger partial charge on any atom is 0.274 e. The first-order chi connectivity index (χ1) is 6.77. The lowest BCUT2D eigenvalue weighted by Gasteiger charge is -1.97. The van der Waals surface area contributed by atoms with Crippen molar-refractivity contribution in [2.45, 2.75) is 51.9 Å². The van der Waals surface area contributed by atoms with Gasteiger partial charge in [-0.05, 0) is 12.8 Å². The van der Waals surface area contributed by atoms with Crippen LogP contribution < -0.4 is 0 Å². The van der Waals surface area contributed by atoms with Gasteiger partial charge in [-0.15, -0.1) is 0 Å². The topological polar surface area (TPSA) is 40.5 Å². The lowest BCUT2D eigenvalue weighted by Crippen LogP contribution is -1.77. The summed E-state index contributed by atoms with van der Waals surface area (Å²) in [5.74, 6) is -0.621. The van der Waals surface area contributed by atoms with Crippen molar-refractivity contribution in [3.63, 3.8) is 0 Å². The first kappa shape index (κ1) is 13.1. The van der Waals surface area contributed by atoms with Crippen LogP contribution in [0.3, 0.4) is 0 Å². The Morgan fingerprint density at radius 3 is 2.29 bits per heavy atom. The standard InChI is InChI=1S/C12H22O2/c1-2-3-4-5-6-7-8-9-10-11-12(13)14/h9-11,13-14H,2-8H2,1H3. The molecule has 0 radical (unpaired) electrons. The van der Waals surface area contributed by atoms with Crippen molar-refractivity contribution in [1.82, 2.24) is 0 Å². The second-order valence-corrected chi connectivity index (χ2v) is 3.51. The van der Waals surface area contributed by atoms with Crippen LogP contribution in [0.25, 0.3) is 0 Å². The second kappa shape index (κ2) is 10.2. The molecule has 2 nitrogen and oxygen atoms in total. The SMILES string of the molecule is CCCCCCCCC=CC=C(O)O. The largest absolute Gasteiger partial charge is 0.481 e. The molecule has 0 saturated carbocycles. The molecule has 0 saturated heterocycles. The third-order valence-electron chi connectivity index (χ3n) is 2.11. The smallest absolute Gasteiger partial charge is 0.274 e. The van der Waals surface area contributed by atoms with Crippen LogP contribution in [0.15, 0.2) is 24.2 Å². The summed E-state index contributed by atoms with van der Waals surface area (Å²) in [4.78, 5) is 0. The summed E-state index contributed by atoms with van der Waals surface area (Å²) in [6.45, 7) is 2.22. The van der Waals surface area contributed by atoms with Gasteiger partial charge in [-0.25, -0.2) is 0 Å². The molecule has 0 amide bonds. The van der Waals surface area contributed by atoms with E-state index >= 15 is 0 Å². The summed E-state index contributed by atoms with van der Waals surface area (Å²) >= 11 is 0. The zero-order chi connectivity index (χ0) is 10.6. The van der Waals surface area contributed by atoms with Crippen molar-refractivity contribution in [3.8, 4) is 0 Å². The number of aliphatic hydroxyl groups is 2. The molecule has 0 spiro atoms. The van der Waals surface area contributed by atoms with Crippen LogP contribution in [0.1, 0.15) is 51.9 Å². The summed E-state index contributed by atoms with van der Waals surface area (Å²) in [7, 11) is 0. The number of hydrogen-bond acceptors (Lipinski definition) is 2. The third-order valence-corrected chi connectivity index (χ3v) is 2.11. The maximum absolute atomic E-state index is 8.42. The average Bonchev–Trinajstić information content (AvgIpc) is 2.15. The van der Waals surface area contributed by atoms with Gasteiger partial charge in [0.05, 0.1) is 0 Å². The minimum Gasteiger partial charge on any atom is -0.481 e. The van der Waals surface area contributed by atoms with Crippen LogP contribution in [0.4, 0.5) is 0 Å². The monoisotopic (exact) mass is 198 g/mol. The van der Waals surface area contributed by atoms with Crippen LogP contribution in [0, 0.1) is 0 Å².